The minimum atomic E-state index is -1.10. The Bertz CT molecular complexity index is 680. The number of aromatic nitrogens is 3. The Hall–Kier alpha value is -2.48. The Labute approximate surface area is 124 Å². The van der Waals surface area contributed by atoms with Gasteiger partial charge in [0.2, 0.25) is 0 Å². The van der Waals surface area contributed by atoms with Crippen LogP contribution < -0.4 is 5.32 Å². The van der Waals surface area contributed by atoms with Crippen LogP contribution in [-0.4, -0.2) is 25.6 Å². The van der Waals surface area contributed by atoms with E-state index in [9.17, 15) is 14.9 Å². The van der Waals surface area contributed by atoms with Crippen LogP contribution >= 0.6 is 11.6 Å². The van der Waals surface area contributed by atoms with Gasteiger partial charge >= 0.3 is 5.69 Å². The highest BCUT2D eigenvalue weighted by atomic mass is 35.5. The lowest BCUT2D eigenvalue weighted by Gasteiger charge is -2.23. The summed E-state index contributed by atoms with van der Waals surface area (Å²) in [6, 6.07) is 3.15. The monoisotopic (exact) mass is 309 g/mol. The predicted molar refractivity (Wildman–Crippen MR) is 76.1 cm³/mol. The maximum atomic E-state index is 12.3. The molecule has 1 N–H and O–H groups in total. The van der Waals surface area contributed by atoms with Crippen molar-refractivity contribution < 1.29 is 9.72 Å². The highest BCUT2D eigenvalue weighted by molar-refractivity contribution is 6.29. The zero-order valence-corrected chi connectivity index (χ0v) is 12.0. The van der Waals surface area contributed by atoms with Crippen LogP contribution in [0, 0.1) is 10.1 Å². The molecule has 0 aliphatic rings. The van der Waals surface area contributed by atoms with Crippen LogP contribution in [0.3, 0.4) is 0 Å². The topological polar surface area (TPSA) is 103 Å². The lowest BCUT2D eigenvalue weighted by molar-refractivity contribution is -0.385. The van der Waals surface area contributed by atoms with E-state index in [-0.39, 0.29) is 11.6 Å². The zero-order chi connectivity index (χ0) is 15.6. The molecule has 0 bridgehead atoms. The Morgan fingerprint density at radius 3 is 2.67 bits per heavy atom. The number of carbonyl (C=O) groups is 1. The van der Waals surface area contributed by atoms with Crippen molar-refractivity contribution in [2.24, 2.45) is 0 Å². The summed E-state index contributed by atoms with van der Waals surface area (Å²) < 4.78 is 1.24. The van der Waals surface area contributed by atoms with Gasteiger partial charge < -0.3 is 5.32 Å². The van der Waals surface area contributed by atoms with Crippen molar-refractivity contribution in [2.75, 3.05) is 5.32 Å². The number of hydrogen-bond acceptors (Lipinski definition) is 5. The first-order chi connectivity index (χ1) is 9.80. The first-order valence-electron chi connectivity index (χ1n) is 5.93. The summed E-state index contributed by atoms with van der Waals surface area (Å²) in [5.41, 5.74) is -0.809. The number of anilines is 1. The number of nitrogens with one attached hydrogen (secondary N) is 1. The van der Waals surface area contributed by atoms with E-state index in [1.54, 1.807) is 26.0 Å². The molecule has 2 aromatic rings. The molecule has 0 atom stereocenters. The van der Waals surface area contributed by atoms with Crippen molar-refractivity contribution in [1.29, 1.82) is 0 Å². The molecule has 110 valence electrons. The standard InChI is InChI=1S/C12H12ClN5O3/c1-12(2,17-7-9(6-15-17)18(20)21)11(19)16-8-3-4-10(13)14-5-8/h3-7H,1-2H3,(H,16,19). The third-order valence-corrected chi connectivity index (χ3v) is 3.12. The molecule has 0 aromatic carbocycles. The normalized spacial score (nSPS) is 11.2. The molecule has 2 rings (SSSR count). The van der Waals surface area contributed by atoms with E-state index in [4.69, 9.17) is 11.6 Å². The number of amides is 1. The van der Waals surface area contributed by atoms with Gasteiger partial charge in [-0.25, -0.2) is 4.98 Å². The zero-order valence-electron chi connectivity index (χ0n) is 11.3. The molecule has 2 aromatic heterocycles. The van der Waals surface area contributed by atoms with E-state index in [1.807, 2.05) is 0 Å². The van der Waals surface area contributed by atoms with Crippen LogP contribution in [0.4, 0.5) is 11.4 Å². The minimum absolute atomic E-state index is 0.177. The molecule has 2 heterocycles. The van der Waals surface area contributed by atoms with Crippen LogP contribution in [0.25, 0.3) is 0 Å². The smallest absolute Gasteiger partial charge is 0.307 e. The first-order valence-corrected chi connectivity index (χ1v) is 6.31. The summed E-state index contributed by atoms with van der Waals surface area (Å²) in [7, 11) is 0. The average Bonchev–Trinajstić information content (AvgIpc) is 2.91. The minimum Gasteiger partial charge on any atom is -0.323 e. The third kappa shape index (κ3) is 3.16. The summed E-state index contributed by atoms with van der Waals surface area (Å²) in [5.74, 6) is -0.385. The molecular formula is C12H12ClN5O3. The second-order valence-electron chi connectivity index (χ2n) is 4.78. The molecule has 8 nitrogen and oxygen atoms in total. The average molecular weight is 310 g/mol. The first kappa shape index (κ1) is 14.9. The number of pyridine rings is 1. The molecule has 0 fully saturated rings. The number of nitro groups is 1. The lowest BCUT2D eigenvalue weighted by Crippen LogP contribution is -2.40. The van der Waals surface area contributed by atoms with Crippen molar-refractivity contribution in [3.63, 3.8) is 0 Å². The van der Waals surface area contributed by atoms with Crippen molar-refractivity contribution in [3.05, 3.63) is 46.0 Å². The lowest BCUT2D eigenvalue weighted by atomic mass is 10.1. The molecule has 21 heavy (non-hydrogen) atoms. The van der Waals surface area contributed by atoms with Crippen LogP contribution in [0.5, 0.6) is 0 Å². The highest BCUT2D eigenvalue weighted by Gasteiger charge is 2.32. The van der Waals surface area contributed by atoms with Crippen LogP contribution in [-0.2, 0) is 10.3 Å². The number of rotatable bonds is 4. The van der Waals surface area contributed by atoms with Gasteiger partial charge in [0, 0.05) is 0 Å². The Kier molecular flexibility index (Phi) is 3.90. The van der Waals surface area contributed by atoms with Crippen molar-refractivity contribution in [3.8, 4) is 0 Å². The Balaban J connectivity index is 2.19. The van der Waals surface area contributed by atoms with Gasteiger partial charge in [-0.15, -0.1) is 0 Å². The second kappa shape index (κ2) is 5.49. The fourth-order valence-electron chi connectivity index (χ4n) is 1.55. The van der Waals surface area contributed by atoms with Crippen molar-refractivity contribution >= 4 is 28.9 Å². The van der Waals surface area contributed by atoms with Gasteiger partial charge in [-0.3, -0.25) is 19.6 Å². The predicted octanol–water partition coefficient (Wildman–Crippen LogP) is 2.21. The highest BCUT2D eigenvalue weighted by Crippen LogP contribution is 2.20. The molecule has 0 aliphatic heterocycles. The summed E-state index contributed by atoms with van der Waals surface area (Å²) in [4.78, 5) is 26.2. The summed E-state index contributed by atoms with van der Waals surface area (Å²) in [6.45, 7) is 3.20. The Morgan fingerprint density at radius 1 is 1.43 bits per heavy atom. The molecule has 0 saturated carbocycles. The molecule has 0 unspecified atom stereocenters. The number of nitrogens with zero attached hydrogens (tertiary/aromatic N) is 4. The van der Waals surface area contributed by atoms with Gasteiger partial charge in [-0.2, -0.15) is 5.10 Å². The van der Waals surface area contributed by atoms with Crippen LogP contribution in [0.2, 0.25) is 5.15 Å². The molecule has 0 saturated heterocycles. The third-order valence-electron chi connectivity index (χ3n) is 2.89. The molecule has 9 heteroatoms. The van der Waals surface area contributed by atoms with Crippen LogP contribution in [0.1, 0.15) is 13.8 Å². The molecule has 1 amide bonds. The fourth-order valence-corrected chi connectivity index (χ4v) is 1.66. The van der Waals surface area contributed by atoms with Gasteiger partial charge in [-0.1, -0.05) is 11.6 Å². The van der Waals surface area contributed by atoms with Gasteiger partial charge in [0.25, 0.3) is 5.91 Å². The van der Waals surface area contributed by atoms with Crippen molar-refractivity contribution in [1.82, 2.24) is 14.8 Å². The van der Waals surface area contributed by atoms with Crippen LogP contribution in [0.15, 0.2) is 30.7 Å². The summed E-state index contributed by atoms with van der Waals surface area (Å²) >= 11 is 5.66. The largest absolute Gasteiger partial charge is 0.323 e. The molecular weight excluding hydrogens is 298 g/mol. The van der Waals surface area contributed by atoms with Gasteiger partial charge in [0.1, 0.15) is 23.1 Å². The van der Waals surface area contributed by atoms with Gasteiger partial charge in [-0.05, 0) is 26.0 Å². The number of carbonyl (C=O) groups excluding carboxylic acids is 1. The maximum Gasteiger partial charge on any atom is 0.307 e. The van der Waals surface area contributed by atoms with Crippen molar-refractivity contribution in [2.45, 2.75) is 19.4 Å². The van der Waals surface area contributed by atoms with E-state index < -0.39 is 10.5 Å². The maximum absolute atomic E-state index is 12.3. The fraction of sp³-hybridized carbons (Fsp3) is 0.250. The SMILES string of the molecule is CC(C)(C(=O)Nc1ccc(Cl)nc1)n1cc([N+](=O)[O-])cn1. The van der Waals surface area contributed by atoms with E-state index >= 15 is 0 Å². The van der Waals surface area contributed by atoms with E-state index in [0.29, 0.717) is 10.8 Å². The molecule has 0 aliphatic carbocycles. The van der Waals surface area contributed by atoms with Gasteiger partial charge in [0.15, 0.2) is 0 Å². The summed E-state index contributed by atoms with van der Waals surface area (Å²) in [6.07, 6.45) is 3.72. The van der Waals surface area contributed by atoms with E-state index in [1.165, 1.54) is 17.1 Å². The van der Waals surface area contributed by atoms with E-state index in [2.05, 4.69) is 15.4 Å². The Morgan fingerprint density at radius 2 is 2.14 bits per heavy atom. The number of hydrogen-bond donors (Lipinski definition) is 1. The summed E-state index contributed by atoms with van der Waals surface area (Å²) in [5, 5.41) is 17.5. The molecule has 0 spiro atoms. The van der Waals surface area contributed by atoms with E-state index in [0.717, 1.165) is 6.20 Å². The number of halogens is 1. The quantitative estimate of drug-likeness (QED) is 0.530. The second-order valence-corrected chi connectivity index (χ2v) is 5.17. The van der Waals surface area contributed by atoms with Gasteiger partial charge in [0.05, 0.1) is 16.8 Å². The molecule has 0 radical (unpaired) electrons.